The molecule has 98 valence electrons. The average Bonchev–Trinajstić information content (AvgIpc) is 2.49. The van der Waals surface area contributed by atoms with Crippen LogP contribution in [0.2, 0.25) is 0 Å². The summed E-state index contributed by atoms with van der Waals surface area (Å²) in [6.45, 7) is 0. The van der Waals surface area contributed by atoms with Gasteiger partial charge in [-0.25, -0.2) is 9.97 Å². The third-order valence-electron chi connectivity index (χ3n) is 2.64. The maximum Gasteiger partial charge on any atom is 0.248 e. The third-order valence-corrected chi connectivity index (χ3v) is 2.64. The lowest BCUT2D eigenvalue weighted by Gasteiger charge is -2.05. The summed E-state index contributed by atoms with van der Waals surface area (Å²) in [5, 5.41) is 3.08. The molecule has 2 heterocycles. The molecule has 0 saturated heterocycles. The minimum absolute atomic E-state index is 0.194. The highest BCUT2D eigenvalue weighted by molar-refractivity contribution is 5.57. The maximum absolute atomic E-state index is 11.3. The standard InChI is InChI=1S/C14H11N5O/c20-12-8-10(6-7-15-12)13-16-9-17-14(19-13)18-11-4-2-1-3-5-11/h1-9H,(H,15,20)(H,16,17,18,19). The van der Waals surface area contributed by atoms with Gasteiger partial charge in [-0.15, -0.1) is 0 Å². The van der Waals surface area contributed by atoms with Crippen molar-refractivity contribution in [3.8, 4) is 11.4 Å². The highest BCUT2D eigenvalue weighted by atomic mass is 16.1. The summed E-state index contributed by atoms with van der Waals surface area (Å²) >= 11 is 0. The Labute approximate surface area is 114 Å². The summed E-state index contributed by atoms with van der Waals surface area (Å²) in [5.74, 6) is 0.881. The smallest absolute Gasteiger partial charge is 0.248 e. The number of pyridine rings is 1. The van der Waals surface area contributed by atoms with Crippen LogP contribution in [-0.4, -0.2) is 19.9 Å². The highest BCUT2D eigenvalue weighted by Crippen LogP contribution is 2.15. The van der Waals surface area contributed by atoms with Gasteiger partial charge >= 0.3 is 0 Å². The molecule has 0 fully saturated rings. The van der Waals surface area contributed by atoms with Crippen molar-refractivity contribution in [1.29, 1.82) is 0 Å². The largest absolute Gasteiger partial charge is 0.329 e. The zero-order chi connectivity index (χ0) is 13.8. The Morgan fingerprint density at radius 2 is 1.90 bits per heavy atom. The van der Waals surface area contributed by atoms with Crippen molar-refractivity contribution in [2.24, 2.45) is 0 Å². The van der Waals surface area contributed by atoms with Gasteiger partial charge in [0.25, 0.3) is 0 Å². The van der Waals surface area contributed by atoms with Gasteiger partial charge in [-0.1, -0.05) is 18.2 Å². The van der Waals surface area contributed by atoms with Crippen LogP contribution in [0.5, 0.6) is 0 Å². The number of benzene rings is 1. The minimum atomic E-state index is -0.194. The summed E-state index contributed by atoms with van der Waals surface area (Å²) in [5.41, 5.74) is 1.34. The van der Waals surface area contributed by atoms with E-state index in [0.717, 1.165) is 5.69 Å². The molecular formula is C14H11N5O. The molecule has 6 heteroatoms. The summed E-state index contributed by atoms with van der Waals surface area (Å²) in [7, 11) is 0. The molecular weight excluding hydrogens is 254 g/mol. The van der Waals surface area contributed by atoms with Crippen LogP contribution in [0.15, 0.2) is 59.8 Å². The third kappa shape index (κ3) is 2.69. The van der Waals surface area contributed by atoms with Crippen LogP contribution < -0.4 is 10.9 Å². The van der Waals surface area contributed by atoms with Crippen LogP contribution in [0.25, 0.3) is 11.4 Å². The van der Waals surface area contributed by atoms with Crippen molar-refractivity contribution < 1.29 is 0 Å². The zero-order valence-corrected chi connectivity index (χ0v) is 10.4. The van der Waals surface area contributed by atoms with Gasteiger partial charge < -0.3 is 10.3 Å². The SMILES string of the molecule is O=c1cc(-c2ncnc(Nc3ccccc3)n2)cc[nH]1. The predicted molar refractivity (Wildman–Crippen MR) is 75.6 cm³/mol. The first-order valence-corrected chi connectivity index (χ1v) is 6.01. The number of nitrogens with zero attached hydrogens (tertiary/aromatic N) is 3. The van der Waals surface area contributed by atoms with Crippen molar-refractivity contribution in [3.05, 3.63) is 65.3 Å². The van der Waals surface area contributed by atoms with E-state index >= 15 is 0 Å². The molecule has 0 aliphatic heterocycles. The fourth-order valence-electron chi connectivity index (χ4n) is 1.73. The van der Waals surface area contributed by atoms with E-state index in [0.29, 0.717) is 17.3 Å². The minimum Gasteiger partial charge on any atom is -0.329 e. The number of anilines is 2. The molecule has 2 N–H and O–H groups in total. The van der Waals surface area contributed by atoms with E-state index in [1.54, 1.807) is 12.3 Å². The molecule has 0 unspecified atom stereocenters. The normalized spacial score (nSPS) is 10.2. The number of hydrogen-bond acceptors (Lipinski definition) is 5. The molecule has 0 saturated carbocycles. The van der Waals surface area contributed by atoms with Crippen molar-refractivity contribution in [2.75, 3.05) is 5.32 Å². The molecule has 1 aromatic carbocycles. The summed E-state index contributed by atoms with van der Waals surface area (Å²) in [6, 6.07) is 12.8. The van der Waals surface area contributed by atoms with Crippen molar-refractivity contribution in [2.45, 2.75) is 0 Å². The van der Waals surface area contributed by atoms with E-state index in [9.17, 15) is 4.79 Å². The summed E-state index contributed by atoms with van der Waals surface area (Å²) in [4.78, 5) is 26.3. The van der Waals surface area contributed by atoms with E-state index in [1.165, 1.54) is 12.4 Å². The first-order chi connectivity index (χ1) is 9.81. The number of nitrogens with one attached hydrogen (secondary N) is 2. The molecule has 0 spiro atoms. The van der Waals surface area contributed by atoms with Gasteiger partial charge in [0.1, 0.15) is 6.33 Å². The van der Waals surface area contributed by atoms with Crippen molar-refractivity contribution >= 4 is 11.6 Å². The summed E-state index contributed by atoms with van der Waals surface area (Å²) in [6.07, 6.45) is 2.97. The molecule has 20 heavy (non-hydrogen) atoms. The van der Waals surface area contributed by atoms with Crippen LogP contribution in [0.1, 0.15) is 0 Å². The van der Waals surface area contributed by atoms with E-state index in [2.05, 4.69) is 25.3 Å². The molecule has 0 aliphatic carbocycles. The molecule has 0 bridgehead atoms. The Morgan fingerprint density at radius 3 is 2.70 bits per heavy atom. The Morgan fingerprint density at radius 1 is 1.05 bits per heavy atom. The number of aromatic nitrogens is 4. The molecule has 2 aromatic heterocycles. The first kappa shape index (κ1) is 12.0. The van der Waals surface area contributed by atoms with Gasteiger partial charge in [0.2, 0.25) is 11.5 Å². The number of hydrogen-bond donors (Lipinski definition) is 2. The average molecular weight is 265 g/mol. The van der Waals surface area contributed by atoms with Gasteiger partial charge in [-0.3, -0.25) is 4.79 Å². The second-order valence-corrected chi connectivity index (χ2v) is 4.07. The molecule has 0 aliphatic rings. The topological polar surface area (TPSA) is 83.6 Å². The lowest BCUT2D eigenvalue weighted by atomic mass is 10.2. The second-order valence-electron chi connectivity index (χ2n) is 4.07. The summed E-state index contributed by atoms with van der Waals surface area (Å²) < 4.78 is 0. The van der Waals surface area contributed by atoms with Gasteiger partial charge in [0, 0.05) is 23.5 Å². The molecule has 0 amide bonds. The molecule has 3 aromatic rings. The number of H-pyrrole nitrogens is 1. The first-order valence-electron chi connectivity index (χ1n) is 6.01. The predicted octanol–water partition coefficient (Wildman–Crippen LogP) is 1.97. The van der Waals surface area contributed by atoms with Gasteiger partial charge in [-0.2, -0.15) is 4.98 Å². The molecule has 0 radical (unpaired) electrons. The van der Waals surface area contributed by atoms with Crippen LogP contribution in [0.3, 0.4) is 0 Å². The Hall–Kier alpha value is -3.02. The second kappa shape index (κ2) is 5.31. The lowest BCUT2D eigenvalue weighted by Crippen LogP contribution is -2.04. The maximum atomic E-state index is 11.3. The van der Waals surface area contributed by atoms with Gasteiger partial charge in [-0.05, 0) is 18.2 Å². The zero-order valence-electron chi connectivity index (χ0n) is 10.4. The quantitative estimate of drug-likeness (QED) is 0.756. The molecule has 6 nitrogen and oxygen atoms in total. The lowest BCUT2D eigenvalue weighted by molar-refractivity contribution is 1.06. The Bertz CT molecular complexity index is 770. The number of aromatic amines is 1. The van der Waals surface area contributed by atoms with Crippen LogP contribution >= 0.6 is 0 Å². The van der Waals surface area contributed by atoms with E-state index < -0.39 is 0 Å². The van der Waals surface area contributed by atoms with Crippen molar-refractivity contribution in [1.82, 2.24) is 19.9 Å². The van der Waals surface area contributed by atoms with E-state index in [1.807, 2.05) is 30.3 Å². The van der Waals surface area contributed by atoms with Crippen LogP contribution in [0.4, 0.5) is 11.6 Å². The van der Waals surface area contributed by atoms with Crippen LogP contribution in [-0.2, 0) is 0 Å². The molecule has 0 atom stereocenters. The Balaban J connectivity index is 1.92. The number of para-hydroxylation sites is 1. The van der Waals surface area contributed by atoms with Gasteiger partial charge in [0.05, 0.1) is 0 Å². The van der Waals surface area contributed by atoms with Crippen molar-refractivity contribution in [3.63, 3.8) is 0 Å². The van der Waals surface area contributed by atoms with Crippen LogP contribution in [0, 0.1) is 0 Å². The van der Waals surface area contributed by atoms with Gasteiger partial charge in [0.15, 0.2) is 5.82 Å². The number of rotatable bonds is 3. The Kier molecular flexibility index (Phi) is 3.20. The van der Waals surface area contributed by atoms with E-state index in [-0.39, 0.29) is 5.56 Å². The van der Waals surface area contributed by atoms with E-state index in [4.69, 9.17) is 0 Å². The molecule has 3 rings (SSSR count). The highest BCUT2D eigenvalue weighted by Gasteiger charge is 2.04. The fourth-order valence-corrected chi connectivity index (χ4v) is 1.73. The monoisotopic (exact) mass is 265 g/mol. The fraction of sp³-hybridized carbons (Fsp3) is 0.